The lowest BCUT2D eigenvalue weighted by Crippen LogP contribution is -2.21. The number of amides is 2. The third-order valence-corrected chi connectivity index (χ3v) is 3.66. The average molecular weight is 411 g/mol. The van der Waals surface area contributed by atoms with Gasteiger partial charge < -0.3 is 20.1 Å². The Kier molecular flexibility index (Phi) is 7.04. The molecule has 0 spiro atoms. The van der Waals surface area contributed by atoms with E-state index in [0.717, 1.165) is 0 Å². The summed E-state index contributed by atoms with van der Waals surface area (Å²) in [5.41, 5.74) is 0.922. The number of anilines is 2. The number of carbonyl (C=O) groups is 3. The summed E-state index contributed by atoms with van der Waals surface area (Å²) in [6.07, 6.45) is 0. The molecule has 7 nitrogen and oxygen atoms in total. The molecule has 0 aromatic heterocycles. The van der Waals surface area contributed by atoms with Gasteiger partial charge >= 0.3 is 5.97 Å². The monoisotopic (exact) mass is 410 g/mol. The minimum absolute atomic E-state index is 0.130. The number of carbonyl (C=O) groups excluding carboxylic acids is 3. The van der Waals surface area contributed by atoms with Gasteiger partial charge in [-0.3, -0.25) is 9.59 Å². The van der Waals surface area contributed by atoms with E-state index in [4.69, 9.17) is 32.7 Å². The van der Waals surface area contributed by atoms with E-state index in [-0.39, 0.29) is 21.5 Å². The van der Waals surface area contributed by atoms with E-state index < -0.39 is 18.5 Å². The quantitative estimate of drug-likeness (QED) is 0.707. The maximum Gasteiger partial charge on any atom is 0.338 e. The second kappa shape index (κ2) is 9.25. The van der Waals surface area contributed by atoms with Crippen molar-refractivity contribution in [2.24, 2.45) is 0 Å². The van der Waals surface area contributed by atoms with E-state index in [1.807, 2.05) is 0 Å². The van der Waals surface area contributed by atoms with Crippen molar-refractivity contribution in [3.8, 4) is 5.75 Å². The molecule has 27 heavy (non-hydrogen) atoms. The van der Waals surface area contributed by atoms with Crippen molar-refractivity contribution in [2.45, 2.75) is 6.92 Å². The molecule has 0 unspecified atom stereocenters. The summed E-state index contributed by atoms with van der Waals surface area (Å²) < 4.78 is 10.1. The SMILES string of the molecule is COc1ccc(NC(C)=O)cc1NC(=O)COC(=O)c1cc(Cl)cc(Cl)c1. The molecular formula is C18H16Cl2N2O5. The molecule has 0 saturated heterocycles. The zero-order chi connectivity index (χ0) is 20.0. The Morgan fingerprint density at radius 3 is 2.26 bits per heavy atom. The first-order valence-corrected chi connectivity index (χ1v) is 8.43. The molecule has 2 N–H and O–H groups in total. The van der Waals surface area contributed by atoms with Gasteiger partial charge in [0.25, 0.3) is 5.91 Å². The number of rotatable bonds is 6. The maximum atomic E-state index is 12.1. The standard InChI is InChI=1S/C18H16Cl2N2O5/c1-10(23)21-14-3-4-16(26-2)15(8-14)22-17(24)9-27-18(25)11-5-12(19)7-13(20)6-11/h3-8H,9H2,1-2H3,(H,21,23)(H,22,24). The Hall–Kier alpha value is -2.77. The van der Waals surface area contributed by atoms with Gasteiger partial charge in [0.15, 0.2) is 6.61 Å². The number of nitrogens with one attached hydrogen (secondary N) is 2. The van der Waals surface area contributed by atoms with Crippen LogP contribution >= 0.6 is 23.2 Å². The average Bonchev–Trinajstić information content (AvgIpc) is 2.58. The van der Waals surface area contributed by atoms with Gasteiger partial charge in [-0.25, -0.2) is 4.79 Å². The van der Waals surface area contributed by atoms with E-state index in [0.29, 0.717) is 17.1 Å². The van der Waals surface area contributed by atoms with Crippen molar-refractivity contribution in [3.05, 3.63) is 52.0 Å². The molecule has 0 aliphatic carbocycles. The van der Waals surface area contributed by atoms with Crippen LogP contribution in [0.15, 0.2) is 36.4 Å². The van der Waals surface area contributed by atoms with Gasteiger partial charge in [0.2, 0.25) is 5.91 Å². The zero-order valence-electron chi connectivity index (χ0n) is 14.5. The van der Waals surface area contributed by atoms with Gasteiger partial charge in [0.1, 0.15) is 5.75 Å². The number of hydrogen-bond donors (Lipinski definition) is 2. The molecule has 0 saturated carbocycles. The Balaban J connectivity index is 2.02. The molecule has 0 aliphatic rings. The summed E-state index contributed by atoms with van der Waals surface area (Å²) in [5.74, 6) is -1.21. The normalized spacial score (nSPS) is 10.1. The van der Waals surface area contributed by atoms with Crippen LogP contribution in [-0.2, 0) is 14.3 Å². The lowest BCUT2D eigenvalue weighted by molar-refractivity contribution is -0.119. The van der Waals surface area contributed by atoms with Crippen LogP contribution in [0.5, 0.6) is 5.75 Å². The first kappa shape index (κ1) is 20.5. The zero-order valence-corrected chi connectivity index (χ0v) is 16.0. The van der Waals surface area contributed by atoms with Gasteiger partial charge in [-0.15, -0.1) is 0 Å². The van der Waals surface area contributed by atoms with Crippen molar-refractivity contribution in [1.29, 1.82) is 0 Å². The highest BCUT2D eigenvalue weighted by atomic mass is 35.5. The number of methoxy groups -OCH3 is 1. The van der Waals surface area contributed by atoms with Gasteiger partial charge in [0.05, 0.1) is 18.4 Å². The Morgan fingerprint density at radius 2 is 1.67 bits per heavy atom. The molecule has 9 heteroatoms. The van der Waals surface area contributed by atoms with Crippen LogP contribution in [0, 0.1) is 0 Å². The molecule has 2 rings (SSSR count). The first-order valence-electron chi connectivity index (χ1n) is 7.67. The molecule has 142 valence electrons. The minimum Gasteiger partial charge on any atom is -0.495 e. The number of esters is 1. The van der Waals surface area contributed by atoms with E-state index >= 15 is 0 Å². The molecular weight excluding hydrogens is 395 g/mol. The molecule has 0 bridgehead atoms. The lowest BCUT2D eigenvalue weighted by Gasteiger charge is -2.12. The van der Waals surface area contributed by atoms with E-state index in [1.54, 1.807) is 12.1 Å². The fraction of sp³-hybridized carbons (Fsp3) is 0.167. The number of halogens is 2. The summed E-state index contributed by atoms with van der Waals surface area (Å²) in [5, 5.41) is 5.71. The largest absolute Gasteiger partial charge is 0.495 e. The van der Waals surface area contributed by atoms with Crippen LogP contribution in [0.1, 0.15) is 17.3 Å². The summed E-state index contributed by atoms with van der Waals surface area (Å²) in [7, 11) is 1.44. The smallest absolute Gasteiger partial charge is 0.338 e. The summed E-state index contributed by atoms with van der Waals surface area (Å²) in [6, 6.07) is 8.97. The van der Waals surface area contributed by atoms with E-state index in [9.17, 15) is 14.4 Å². The maximum absolute atomic E-state index is 12.1. The third kappa shape index (κ3) is 6.16. The molecule has 0 fully saturated rings. The van der Waals surface area contributed by atoms with Gasteiger partial charge in [-0.2, -0.15) is 0 Å². The van der Waals surface area contributed by atoms with Crippen molar-refractivity contribution < 1.29 is 23.9 Å². The second-order valence-electron chi connectivity index (χ2n) is 5.38. The Bertz CT molecular complexity index is 866. The summed E-state index contributed by atoms with van der Waals surface area (Å²) >= 11 is 11.7. The second-order valence-corrected chi connectivity index (χ2v) is 6.25. The van der Waals surface area contributed by atoms with Crippen LogP contribution in [-0.4, -0.2) is 31.5 Å². The van der Waals surface area contributed by atoms with Crippen LogP contribution in [0.3, 0.4) is 0 Å². The molecule has 2 amide bonds. The number of benzene rings is 2. The first-order chi connectivity index (χ1) is 12.8. The van der Waals surface area contributed by atoms with Crippen molar-refractivity contribution in [1.82, 2.24) is 0 Å². The molecule has 0 heterocycles. The summed E-state index contributed by atoms with van der Waals surface area (Å²) in [6.45, 7) is 0.834. The third-order valence-electron chi connectivity index (χ3n) is 3.23. The van der Waals surface area contributed by atoms with Gasteiger partial charge in [0, 0.05) is 22.7 Å². The highest BCUT2D eigenvalue weighted by Crippen LogP contribution is 2.28. The lowest BCUT2D eigenvalue weighted by atomic mass is 10.2. The van der Waals surface area contributed by atoms with Crippen molar-refractivity contribution in [3.63, 3.8) is 0 Å². The predicted molar refractivity (Wildman–Crippen MR) is 103 cm³/mol. The molecule has 0 radical (unpaired) electrons. The van der Waals surface area contributed by atoms with E-state index in [2.05, 4.69) is 10.6 Å². The van der Waals surface area contributed by atoms with Crippen LogP contribution in [0.4, 0.5) is 11.4 Å². The Morgan fingerprint density at radius 1 is 1.00 bits per heavy atom. The van der Waals surface area contributed by atoms with Crippen molar-refractivity contribution >= 4 is 52.4 Å². The Labute approximate surface area is 165 Å². The van der Waals surface area contributed by atoms with Crippen LogP contribution in [0.25, 0.3) is 0 Å². The van der Waals surface area contributed by atoms with Crippen LogP contribution < -0.4 is 15.4 Å². The minimum atomic E-state index is -0.742. The molecule has 2 aromatic rings. The molecule has 0 atom stereocenters. The topological polar surface area (TPSA) is 93.7 Å². The fourth-order valence-corrected chi connectivity index (χ4v) is 2.69. The van der Waals surface area contributed by atoms with Gasteiger partial charge in [-0.1, -0.05) is 23.2 Å². The van der Waals surface area contributed by atoms with E-state index in [1.165, 1.54) is 38.3 Å². The van der Waals surface area contributed by atoms with Gasteiger partial charge in [-0.05, 0) is 36.4 Å². The molecule has 2 aromatic carbocycles. The summed E-state index contributed by atoms with van der Waals surface area (Å²) in [4.78, 5) is 35.3. The fourth-order valence-electron chi connectivity index (χ4n) is 2.16. The highest BCUT2D eigenvalue weighted by molar-refractivity contribution is 6.35. The molecule has 0 aliphatic heterocycles. The number of hydrogen-bond acceptors (Lipinski definition) is 5. The van der Waals surface area contributed by atoms with Crippen molar-refractivity contribution in [2.75, 3.05) is 24.4 Å². The van der Waals surface area contributed by atoms with Crippen LogP contribution in [0.2, 0.25) is 10.0 Å². The number of ether oxygens (including phenoxy) is 2. The predicted octanol–water partition coefficient (Wildman–Crippen LogP) is 3.76. The highest BCUT2D eigenvalue weighted by Gasteiger charge is 2.14.